The third-order valence-corrected chi connectivity index (χ3v) is 7.93. The summed E-state index contributed by atoms with van der Waals surface area (Å²) in [6, 6.07) is 14.7. The lowest BCUT2D eigenvalue weighted by Gasteiger charge is -2.12. The van der Waals surface area contributed by atoms with E-state index >= 15 is 0 Å². The summed E-state index contributed by atoms with van der Waals surface area (Å²) >= 11 is 1.10. The smallest absolute Gasteiger partial charge is 0.328 e. The summed E-state index contributed by atoms with van der Waals surface area (Å²) in [5.41, 5.74) is 1.74. The van der Waals surface area contributed by atoms with Gasteiger partial charge in [0.05, 0.1) is 36.1 Å². The number of aromatic nitrogens is 4. The van der Waals surface area contributed by atoms with Gasteiger partial charge in [0.25, 0.3) is 0 Å². The van der Waals surface area contributed by atoms with Crippen LogP contribution in [0.15, 0.2) is 71.2 Å². The molecule has 0 saturated heterocycles. The largest absolute Gasteiger partial charge is 0.497 e. The molecule has 3 aromatic heterocycles. The highest BCUT2D eigenvalue weighted by Gasteiger charge is 2.23. The molecule has 176 valence electrons. The Morgan fingerprint density at radius 3 is 2.79 bits per heavy atom. The number of nitrogens with zero attached hydrogens (tertiary/aromatic N) is 4. The summed E-state index contributed by atoms with van der Waals surface area (Å²) in [4.78, 5) is 16.8. The Bertz CT molecular complexity index is 1390. The number of hydrogen-bond acceptors (Lipinski definition) is 8. The molecule has 4 rings (SSSR count). The molecule has 2 N–H and O–H groups in total. The number of sulfonamides is 1. The lowest BCUT2D eigenvalue weighted by atomic mass is 10.1. The van der Waals surface area contributed by atoms with Gasteiger partial charge in [-0.05, 0) is 42.0 Å². The summed E-state index contributed by atoms with van der Waals surface area (Å²) in [7, 11) is -2.26. The summed E-state index contributed by atoms with van der Waals surface area (Å²) in [5, 5.41) is 17.5. The van der Waals surface area contributed by atoms with E-state index in [2.05, 4.69) is 20.0 Å². The fourth-order valence-electron chi connectivity index (χ4n) is 3.21. The highest BCUT2D eigenvalue weighted by molar-refractivity contribution is 7.91. The maximum atomic E-state index is 12.7. The average Bonchev–Trinajstić information content (AvgIpc) is 3.52. The van der Waals surface area contributed by atoms with Gasteiger partial charge in [0.1, 0.15) is 9.96 Å². The SMILES string of the molecule is COc1cccc(C[C@@H](C(=O)O)n2cc(CNS(=O)(=O)c3ccc(-c4ccccn4)s3)nn2)c1. The topological polar surface area (TPSA) is 136 Å². The Hall–Kier alpha value is -3.61. The van der Waals surface area contributed by atoms with E-state index in [-0.39, 0.29) is 17.2 Å². The number of carboxylic acid groups (broad SMARTS) is 1. The molecule has 0 radical (unpaired) electrons. The normalized spacial score (nSPS) is 12.4. The predicted molar refractivity (Wildman–Crippen MR) is 125 cm³/mol. The van der Waals surface area contributed by atoms with Crippen molar-refractivity contribution in [3.8, 4) is 16.3 Å². The Morgan fingerprint density at radius 1 is 1.21 bits per heavy atom. The van der Waals surface area contributed by atoms with Gasteiger partial charge >= 0.3 is 5.97 Å². The first-order valence-electron chi connectivity index (χ1n) is 10.1. The zero-order valence-corrected chi connectivity index (χ0v) is 19.7. The molecule has 1 aromatic carbocycles. The average molecular weight is 500 g/mol. The van der Waals surface area contributed by atoms with Gasteiger partial charge in [-0.1, -0.05) is 23.4 Å². The molecule has 0 aliphatic heterocycles. The second-order valence-electron chi connectivity index (χ2n) is 7.26. The minimum atomic E-state index is -3.80. The van der Waals surface area contributed by atoms with Crippen LogP contribution in [-0.4, -0.2) is 46.6 Å². The van der Waals surface area contributed by atoms with Crippen LogP contribution in [0.5, 0.6) is 5.75 Å². The van der Waals surface area contributed by atoms with Crippen LogP contribution in [0.2, 0.25) is 0 Å². The lowest BCUT2D eigenvalue weighted by Crippen LogP contribution is -2.23. The van der Waals surface area contributed by atoms with Gasteiger partial charge in [0, 0.05) is 12.6 Å². The molecule has 10 nitrogen and oxygen atoms in total. The van der Waals surface area contributed by atoms with Crippen LogP contribution in [0.4, 0.5) is 0 Å². The monoisotopic (exact) mass is 499 g/mol. The number of thiophene rings is 1. The number of carboxylic acids is 1. The number of hydrogen-bond donors (Lipinski definition) is 2. The molecule has 0 fully saturated rings. The number of nitrogens with one attached hydrogen (secondary N) is 1. The molecule has 0 bridgehead atoms. The molecule has 0 aliphatic carbocycles. The quantitative estimate of drug-likeness (QED) is 0.340. The molecule has 0 unspecified atom stereocenters. The van der Waals surface area contributed by atoms with E-state index < -0.39 is 22.0 Å². The van der Waals surface area contributed by atoms with E-state index in [4.69, 9.17) is 4.74 Å². The van der Waals surface area contributed by atoms with Crippen molar-refractivity contribution in [2.75, 3.05) is 7.11 Å². The summed E-state index contributed by atoms with van der Waals surface area (Å²) in [6.45, 7) is -0.134. The molecule has 1 atom stereocenters. The van der Waals surface area contributed by atoms with E-state index in [9.17, 15) is 18.3 Å². The first-order valence-corrected chi connectivity index (χ1v) is 12.4. The minimum absolute atomic E-state index is 0.134. The van der Waals surface area contributed by atoms with E-state index in [1.807, 2.05) is 6.07 Å². The highest BCUT2D eigenvalue weighted by Crippen LogP contribution is 2.29. The molecule has 0 amide bonds. The number of aliphatic carboxylic acids is 1. The number of ether oxygens (including phenoxy) is 1. The molecule has 4 aromatic rings. The number of methoxy groups -OCH3 is 1. The maximum Gasteiger partial charge on any atom is 0.328 e. The predicted octanol–water partition coefficient (Wildman–Crippen LogP) is 2.76. The minimum Gasteiger partial charge on any atom is -0.497 e. The molecular weight excluding hydrogens is 478 g/mol. The van der Waals surface area contributed by atoms with Gasteiger partial charge in [-0.25, -0.2) is 22.6 Å². The van der Waals surface area contributed by atoms with E-state index in [1.54, 1.807) is 48.7 Å². The van der Waals surface area contributed by atoms with Crippen LogP contribution < -0.4 is 9.46 Å². The van der Waals surface area contributed by atoms with Gasteiger partial charge < -0.3 is 9.84 Å². The standard InChI is InChI=1S/C22H21N5O5S2/c1-32-17-6-4-5-15(11-17)12-19(22(28)29)27-14-16(25-26-27)13-24-34(30,31)21-9-8-20(33-21)18-7-2-3-10-23-18/h2-11,14,19,24H,12-13H2,1H3,(H,28,29)/t19-/m0/s1. The van der Waals surface area contributed by atoms with E-state index in [1.165, 1.54) is 24.1 Å². The molecule has 0 saturated carbocycles. The second kappa shape index (κ2) is 10.1. The van der Waals surface area contributed by atoms with Gasteiger partial charge in [0.15, 0.2) is 6.04 Å². The molecule has 12 heteroatoms. The van der Waals surface area contributed by atoms with Gasteiger partial charge in [-0.2, -0.15) is 0 Å². The maximum absolute atomic E-state index is 12.7. The summed E-state index contributed by atoms with van der Waals surface area (Å²) in [6.07, 6.45) is 3.23. The summed E-state index contributed by atoms with van der Waals surface area (Å²) in [5.74, 6) is -0.462. The lowest BCUT2D eigenvalue weighted by molar-refractivity contribution is -0.141. The van der Waals surface area contributed by atoms with Crippen molar-refractivity contribution in [3.05, 3.63) is 78.2 Å². The van der Waals surface area contributed by atoms with E-state index in [0.717, 1.165) is 21.8 Å². The number of rotatable bonds is 10. The van der Waals surface area contributed by atoms with Crippen molar-refractivity contribution >= 4 is 27.3 Å². The Kier molecular flexibility index (Phi) is 7.01. The number of benzene rings is 1. The third-order valence-electron chi connectivity index (χ3n) is 4.93. The third kappa shape index (κ3) is 5.47. The first-order chi connectivity index (χ1) is 16.4. The van der Waals surface area contributed by atoms with Gasteiger partial charge in [-0.15, -0.1) is 16.4 Å². The molecule has 0 spiro atoms. The zero-order valence-electron chi connectivity index (χ0n) is 18.0. The van der Waals surface area contributed by atoms with Crippen LogP contribution >= 0.6 is 11.3 Å². The van der Waals surface area contributed by atoms with Crippen LogP contribution in [0.1, 0.15) is 17.3 Å². The number of carbonyl (C=O) groups is 1. The molecule has 0 aliphatic rings. The fourth-order valence-corrected chi connectivity index (χ4v) is 5.54. The van der Waals surface area contributed by atoms with Crippen molar-refractivity contribution < 1.29 is 23.1 Å². The molecule has 3 heterocycles. The van der Waals surface area contributed by atoms with Crippen LogP contribution in [0, 0.1) is 0 Å². The van der Waals surface area contributed by atoms with E-state index in [0.29, 0.717) is 17.1 Å². The molecule has 34 heavy (non-hydrogen) atoms. The van der Waals surface area contributed by atoms with Gasteiger partial charge in [0.2, 0.25) is 10.0 Å². The second-order valence-corrected chi connectivity index (χ2v) is 10.3. The van der Waals surface area contributed by atoms with Crippen LogP contribution in [0.3, 0.4) is 0 Å². The first kappa shape index (κ1) is 23.5. The van der Waals surface area contributed by atoms with Crippen molar-refractivity contribution in [2.24, 2.45) is 0 Å². The highest BCUT2D eigenvalue weighted by atomic mass is 32.2. The van der Waals surface area contributed by atoms with Crippen molar-refractivity contribution in [2.45, 2.75) is 23.2 Å². The van der Waals surface area contributed by atoms with Crippen molar-refractivity contribution in [3.63, 3.8) is 0 Å². The Balaban J connectivity index is 1.44. The van der Waals surface area contributed by atoms with Crippen LogP contribution in [0.25, 0.3) is 10.6 Å². The van der Waals surface area contributed by atoms with Crippen molar-refractivity contribution in [1.29, 1.82) is 0 Å². The van der Waals surface area contributed by atoms with Crippen LogP contribution in [-0.2, 0) is 27.8 Å². The zero-order chi connectivity index (χ0) is 24.1. The summed E-state index contributed by atoms with van der Waals surface area (Å²) < 4.78 is 34.5. The fraction of sp³-hybridized carbons (Fsp3) is 0.182. The number of pyridine rings is 1. The Morgan fingerprint density at radius 2 is 2.06 bits per heavy atom. The Labute approximate surface area is 199 Å². The molecular formula is C22H21N5O5S2. The van der Waals surface area contributed by atoms with Gasteiger partial charge in [-0.3, -0.25) is 4.98 Å². The van der Waals surface area contributed by atoms with Crippen molar-refractivity contribution in [1.82, 2.24) is 24.7 Å².